The van der Waals surface area contributed by atoms with E-state index in [2.05, 4.69) is 21.2 Å². The Hall–Kier alpha value is -1.46. The van der Waals surface area contributed by atoms with Gasteiger partial charge in [-0.15, -0.1) is 0 Å². The Morgan fingerprint density at radius 1 is 1.20 bits per heavy atom. The maximum atomic E-state index is 12.0. The van der Waals surface area contributed by atoms with Gasteiger partial charge in [0.1, 0.15) is 0 Å². The van der Waals surface area contributed by atoms with E-state index < -0.39 is 10.8 Å². The fourth-order valence-corrected chi connectivity index (χ4v) is 2.70. The Morgan fingerprint density at radius 2 is 1.90 bits per heavy atom. The Morgan fingerprint density at radius 3 is 2.50 bits per heavy atom. The molecule has 20 heavy (non-hydrogen) atoms. The van der Waals surface area contributed by atoms with Gasteiger partial charge in [0.05, 0.1) is 0 Å². The molecule has 1 amide bonds. The Bertz CT molecular complexity index is 641. The molecule has 0 saturated carbocycles. The molecule has 0 aliphatic carbocycles. The number of hydrogen-bond acceptors (Lipinski definition) is 2. The van der Waals surface area contributed by atoms with Crippen molar-refractivity contribution in [3.63, 3.8) is 0 Å². The smallest absolute Gasteiger partial charge is 0.251 e. The van der Waals surface area contributed by atoms with Crippen LogP contribution in [0.2, 0.25) is 0 Å². The van der Waals surface area contributed by atoms with E-state index in [4.69, 9.17) is 0 Å². The van der Waals surface area contributed by atoms with Gasteiger partial charge in [0.25, 0.3) is 5.91 Å². The molecule has 2 aromatic carbocycles. The molecular formula is C15H14BrNO2S. The standard InChI is InChI=1S/C15H14BrNO2S/c1-20(19)14-7-5-12(6-8-14)15(18)17-10-11-3-2-4-13(16)9-11/h2-9H,10H2,1H3,(H,17,18). The van der Waals surface area contributed by atoms with Gasteiger partial charge >= 0.3 is 0 Å². The molecule has 0 spiro atoms. The predicted octanol–water partition coefficient (Wildman–Crippen LogP) is 3.12. The van der Waals surface area contributed by atoms with Crippen LogP contribution >= 0.6 is 15.9 Å². The van der Waals surface area contributed by atoms with E-state index in [9.17, 15) is 9.00 Å². The van der Waals surface area contributed by atoms with Gasteiger partial charge in [0, 0.05) is 38.5 Å². The highest BCUT2D eigenvalue weighted by atomic mass is 79.9. The van der Waals surface area contributed by atoms with Gasteiger partial charge < -0.3 is 5.32 Å². The first-order valence-corrected chi connectivity index (χ1v) is 8.37. The van der Waals surface area contributed by atoms with E-state index in [0.29, 0.717) is 17.0 Å². The number of amides is 1. The summed E-state index contributed by atoms with van der Waals surface area (Å²) in [5.74, 6) is -0.140. The molecule has 0 fully saturated rings. The molecule has 0 saturated heterocycles. The number of halogens is 1. The zero-order valence-electron chi connectivity index (χ0n) is 10.9. The van der Waals surface area contributed by atoms with E-state index in [1.807, 2.05) is 24.3 Å². The summed E-state index contributed by atoms with van der Waals surface area (Å²) in [7, 11) is -1.02. The average Bonchev–Trinajstić information content (AvgIpc) is 2.45. The van der Waals surface area contributed by atoms with Crippen LogP contribution in [-0.2, 0) is 17.3 Å². The highest BCUT2D eigenvalue weighted by molar-refractivity contribution is 9.10. The van der Waals surface area contributed by atoms with E-state index in [1.54, 1.807) is 30.5 Å². The lowest BCUT2D eigenvalue weighted by atomic mass is 10.2. The summed E-state index contributed by atoms with van der Waals surface area (Å²) in [6.45, 7) is 0.472. The maximum Gasteiger partial charge on any atom is 0.251 e. The predicted molar refractivity (Wildman–Crippen MR) is 84.1 cm³/mol. The van der Waals surface area contributed by atoms with Crippen LogP contribution in [0.5, 0.6) is 0 Å². The number of carbonyl (C=O) groups excluding carboxylic acids is 1. The molecule has 1 N–H and O–H groups in total. The average molecular weight is 352 g/mol. The van der Waals surface area contributed by atoms with Crippen LogP contribution in [0.3, 0.4) is 0 Å². The van der Waals surface area contributed by atoms with Gasteiger partial charge in [-0.3, -0.25) is 9.00 Å². The Balaban J connectivity index is 1.99. The second-order valence-electron chi connectivity index (χ2n) is 4.29. The third kappa shape index (κ3) is 4.02. The van der Waals surface area contributed by atoms with Crippen LogP contribution in [0.4, 0.5) is 0 Å². The monoisotopic (exact) mass is 351 g/mol. The normalized spacial score (nSPS) is 11.9. The summed E-state index contributed by atoms with van der Waals surface area (Å²) in [6, 6.07) is 14.6. The molecule has 0 aliphatic rings. The molecule has 2 aromatic rings. The number of carbonyl (C=O) groups is 1. The van der Waals surface area contributed by atoms with Crippen molar-refractivity contribution in [2.24, 2.45) is 0 Å². The first-order valence-electron chi connectivity index (χ1n) is 6.02. The minimum Gasteiger partial charge on any atom is -0.348 e. The highest BCUT2D eigenvalue weighted by Crippen LogP contribution is 2.12. The number of hydrogen-bond donors (Lipinski definition) is 1. The molecule has 0 aromatic heterocycles. The molecule has 2 rings (SSSR count). The number of nitrogens with one attached hydrogen (secondary N) is 1. The van der Waals surface area contributed by atoms with E-state index in [1.165, 1.54) is 0 Å². The summed E-state index contributed by atoms with van der Waals surface area (Å²) < 4.78 is 12.3. The summed E-state index contributed by atoms with van der Waals surface area (Å²) in [5, 5.41) is 2.86. The van der Waals surface area contributed by atoms with E-state index in [0.717, 1.165) is 10.0 Å². The van der Waals surface area contributed by atoms with Crippen molar-refractivity contribution in [1.82, 2.24) is 5.32 Å². The molecule has 3 nitrogen and oxygen atoms in total. The lowest BCUT2D eigenvalue weighted by Crippen LogP contribution is -2.22. The minimum atomic E-state index is -1.02. The maximum absolute atomic E-state index is 12.0. The quantitative estimate of drug-likeness (QED) is 0.919. The van der Waals surface area contributed by atoms with Crippen molar-refractivity contribution < 1.29 is 9.00 Å². The first kappa shape index (κ1) is 14.9. The Kier molecular flexibility index (Phi) is 5.09. The second kappa shape index (κ2) is 6.81. The molecule has 1 unspecified atom stereocenters. The molecule has 0 heterocycles. The molecule has 104 valence electrons. The summed E-state index contributed by atoms with van der Waals surface area (Å²) in [5.41, 5.74) is 1.59. The van der Waals surface area contributed by atoms with E-state index >= 15 is 0 Å². The molecular weight excluding hydrogens is 338 g/mol. The lowest BCUT2D eigenvalue weighted by molar-refractivity contribution is 0.0951. The SMILES string of the molecule is CS(=O)c1ccc(C(=O)NCc2cccc(Br)c2)cc1. The number of benzene rings is 2. The number of rotatable bonds is 4. The summed E-state index contributed by atoms with van der Waals surface area (Å²) in [6.07, 6.45) is 1.61. The summed E-state index contributed by atoms with van der Waals surface area (Å²) >= 11 is 3.39. The third-order valence-electron chi connectivity index (χ3n) is 2.79. The van der Waals surface area contributed by atoms with Crippen molar-refractivity contribution in [2.75, 3.05) is 6.26 Å². The van der Waals surface area contributed by atoms with Crippen LogP contribution in [0, 0.1) is 0 Å². The van der Waals surface area contributed by atoms with Gasteiger partial charge in [-0.25, -0.2) is 0 Å². The summed E-state index contributed by atoms with van der Waals surface area (Å²) in [4.78, 5) is 12.7. The fourth-order valence-electron chi connectivity index (χ4n) is 1.73. The van der Waals surface area contributed by atoms with Crippen molar-refractivity contribution in [3.05, 3.63) is 64.1 Å². The van der Waals surface area contributed by atoms with Crippen LogP contribution in [0.25, 0.3) is 0 Å². The first-order chi connectivity index (χ1) is 9.56. The van der Waals surface area contributed by atoms with Crippen LogP contribution in [0.1, 0.15) is 15.9 Å². The molecule has 1 atom stereocenters. The van der Waals surface area contributed by atoms with E-state index in [-0.39, 0.29) is 5.91 Å². The molecule has 0 aliphatic heterocycles. The van der Waals surface area contributed by atoms with Gasteiger partial charge in [-0.1, -0.05) is 28.1 Å². The largest absolute Gasteiger partial charge is 0.348 e. The molecule has 0 radical (unpaired) electrons. The third-order valence-corrected chi connectivity index (χ3v) is 4.22. The van der Waals surface area contributed by atoms with Gasteiger partial charge in [-0.05, 0) is 42.0 Å². The molecule has 0 bridgehead atoms. The highest BCUT2D eigenvalue weighted by Gasteiger charge is 2.06. The van der Waals surface area contributed by atoms with Crippen LogP contribution < -0.4 is 5.32 Å². The van der Waals surface area contributed by atoms with Crippen molar-refractivity contribution >= 4 is 32.6 Å². The fraction of sp³-hybridized carbons (Fsp3) is 0.133. The van der Waals surface area contributed by atoms with Crippen molar-refractivity contribution in [3.8, 4) is 0 Å². The van der Waals surface area contributed by atoms with Gasteiger partial charge in [0.15, 0.2) is 0 Å². The second-order valence-corrected chi connectivity index (χ2v) is 6.59. The van der Waals surface area contributed by atoms with Crippen molar-refractivity contribution in [1.29, 1.82) is 0 Å². The Labute approximate surface area is 129 Å². The molecule has 5 heteroatoms. The van der Waals surface area contributed by atoms with Gasteiger partial charge in [-0.2, -0.15) is 0 Å². The van der Waals surface area contributed by atoms with Crippen LogP contribution in [-0.4, -0.2) is 16.4 Å². The minimum absolute atomic E-state index is 0.140. The van der Waals surface area contributed by atoms with Crippen LogP contribution in [0.15, 0.2) is 57.9 Å². The van der Waals surface area contributed by atoms with Gasteiger partial charge in [0.2, 0.25) is 0 Å². The van der Waals surface area contributed by atoms with Crippen molar-refractivity contribution in [2.45, 2.75) is 11.4 Å². The zero-order chi connectivity index (χ0) is 14.5. The lowest BCUT2D eigenvalue weighted by Gasteiger charge is -2.06. The zero-order valence-corrected chi connectivity index (χ0v) is 13.3. The topological polar surface area (TPSA) is 46.2 Å².